The van der Waals surface area contributed by atoms with Crippen molar-refractivity contribution < 1.29 is 4.79 Å². The van der Waals surface area contributed by atoms with E-state index in [0.717, 1.165) is 47.5 Å². The molecule has 3 aromatic rings. The molecule has 1 amide bonds. The Morgan fingerprint density at radius 2 is 2.08 bits per heavy atom. The molecule has 0 bridgehead atoms. The van der Waals surface area contributed by atoms with Crippen LogP contribution in [0.15, 0.2) is 35.3 Å². The number of amides is 1. The monoisotopic (exact) mass is 481 g/mol. The van der Waals surface area contributed by atoms with Gasteiger partial charge in [-0.05, 0) is 48.4 Å². The lowest BCUT2D eigenvalue weighted by molar-refractivity contribution is 0.0947. The van der Waals surface area contributed by atoms with Crippen LogP contribution in [0.5, 0.6) is 0 Å². The maximum atomic E-state index is 12.5. The summed E-state index contributed by atoms with van der Waals surface area (Å²) in [6.45, 7) is 7.11. The van der Waals surface area contributed by atoms with Gasteiger partial charge in [0.15, 0.2) is 5.69 Å². The maximum Gasteiger partial charge on any atom is 0.268 e. The van der Waals surface area contributed by atoms with E-state index in [-0.39, 0.29) is 34.1 Å². The van der Waals surface area contributed by atoms with Crippen molar-refractivity contribution in [3.63, 3.8) is 0 Å². The van der Waals surface area contributed by atoms with Crippen molar-refractivity contribution >= 4 is 46.2 Å². The van der Waals surface area contributed by atoms with Gasteiger partial charge < -0.3 is 15.2 Å². The number of aryl methyl sites for hydroxylation is 1. The topological polar surface area (TPSA) is 118 Å². The van der Waals surface area contributed by atoms with Crippen LogP contribution in [0.2, 0.25) is 0 Å². The highest BCUT2D eigenvalue weighted by Crippen LogP contribution is 2.25. The molecule has 36 heavy (non-hydrogen) atoms. The number of pyridine rings is 3. The number of hydrogen-bond acceptors (Lipinski definition) is 7. The minimum Gasteiger partial charge on any atom is -0.368 e. The molecule has 0 aliphatic carbocycles. The van der Waals surface area contributed by atoms with Gasteiger partial charge in [0.25, 0.3) is 11.5 Å². The second kappa shape index (κ2) is 10.2. The van der Waals surface area contributed by atoms with Crippen LogP contribution >= 0.6 is 0 Å². The molecule has 4 heterocycles. The predicted octanol–water partition coefficient (Wildman–Crippen LogP) is -1.30. The Hall–Kier alpha value is -3.58. The first-order chi connectivity index (χ1) is 17.1. The Morgan fingerprint density at radius 1 is 1.31 bits per heavy atom. The molecule has 1 fully saturated rings. The van der Waals surface area contributed by atoms with E-state index in [1.165, 1.54) is 0 Å². The summed E-state index contributed by atoms with van der Waals surface area (Å²) in [5.74, 6) is -0.292. The van der Waals surface area contributed by atoms with Crippen LogP contribution in [0.25, 0.3) is 11.0 Å². The smallest absolute Gasteiger partial charge is 0.268 e. The molecule has 3 aromatic heterocycles. The maximum absolute atomic E-state index is 12.5. The zero-order valence-electron chi connectivity index (χ0n) is 21.6. The molecule has 0 spiro atoms. The van der Waals surface area contributed by atoms with Gasteiger partial charge in [0.1, 0.15) is 35.3 Å². The third-order valence-electron chi connectivity index (χ3n) is 6.34. The molecule has 1 aliphatic heterocycles. The van der Waals surface area contributed by atoms with Gasteiger partial charge in [0, 0.05) is 44.0 Å². The molecule has 0 unspecified atom stereocenters. The molecule has 1 atom stereocenters. The number of nitrogens with one attached hydrogen (secondary N) is 2. The summed E-state index contributed by atoms with van der Waals surface area (Å²) in [7, 11) is 5.71. The minimum absolute atomic E-state index is 0.0602. The van der Waals surface area contributed by atoms with Crippen LogP contribution in [0.3, 0.4) is 0 Å². The number of H-pyrrole nitrogens is 1. The van der Waals surface area contributed by atoms with Gasteiger partial charge in [-0.3, -0.25) is 19.5 Å². The average molecular weight is 481 g/mol. The SMILES string of the molecule is BC(B)(B)NC(=O)c1ccc(N2CCN(Cc3cnc4cc(CC)c(=O)[nH]c4c3)C[C@H]2C)c(C#N)n1. The quantitative estimate of drug-likeness (QED) is 0.421. The van der Waals surface area contributed by atoms with Crippen LogP contribution < -0.4 is 15.8 Å². The Bertz CT molecular complexity index is 1400. The normalized spacial score (nSPS) is 16.6. The highest BCUT2D eigenvalue weighted by molar-refractivity contribution is 6.60. The fourth-order valence-corrected chi connectivity index (χ4v) is 4.61. The number of nitriles is 1. The fraction of sp³-hybridized carbons (Fsp3) is 0.375. The van der Waals surface area contributed by atoms with Gasteiger partial charge in [0.2, 0.25) is 0 Å². The number of rotatable bonds is 6. The number of nitrogens with zero attached hydrogens (tertiary/aromatic N) is 5. The van der Waals surface area contributed by atoms with E-state index in [4.69, 9.17) is 0 Å². The molecular formula is C24H30B3N7O2. The molecule has 9 nitrogen and oxygen atoms in total. The van der Waals surface area contributed by atoms with Crippen molar-refractivity contribution in [3.8, 4) is 6.07 Å². The third-order valence-corrected chi connectivity index (χ3v) is 6.34. The minimum atomic E-state index is -0.386. The van der Waals surface area contributed by atoms with E-state index in [9.17, 15) is 14.9 Å². The van der Waals surface area contributed by atoms with Gasteiger partial charge >= 0.3 is 0 Å². The van der Waals surface area contributed by atoms with Crippen molar-refractivity contribution in [2.75, 3.05) is 24.5 Å². The van der Waals surface area contributed by atoms with E-state index in [1.54, 1.807) is 6.07 Å². The first kappa shape index (κ1) is 25.5. The van der Waals surface area contributed by atoms with Crippen LogP contribution in [0, 0.1) is 11.3 Å². The van der Waals surface area contributed by atoms with Gasteiger partial charge in [-0.25, -0.2) is 4.98 Å². The highest BCUT2D eigenvalue weighted by Gasteiger charge is 2.27. The first-order valence-electron chi connectivity index (χ1n) is 12.3. The van der Waals surface area contributed by atoms with E-state index >= 15 is 0 Å². The molecule has 1 saturated heterocycles. The summed E-state index contributed by atoms with van der Waals surface area (Å²) in [6.07, 6.45) is 2.54. The number of aromatic amines is 1. The van der Waals surface area contributed by atoms with Crippen molar-refractivity contribution in [2.45, 2.75) is 38.1 Å². The molecule has 182 valence electrons. The third kappa shape index (κ3) is 5.63. The largest absolute Gasteiger partial charge is 0.368 e. The van der Waals surface area contributed by atoms with Crippen molar-refractivity contribution in [2.24, 2.45) is 0 Å². The zero-order valence-corrected chi connectivity index (χ0v) is 21.6. The number of aromatic nitrogens is 3. The van der Waals surface area contributed by atoms with Crippen molar-refractivity contribution in [3.05, 3.63) is 63.3 Å². The van der Waals surface area contributed by atoms with E-state index in [2.05, 4.69) is 43.1 Å². The number of carbonyl (C=O) groups is 1. The van der Waals surface area contributed by atoms with Crippen LogP contribution in [0.4, 0.5) is 5.69 Å². The van der Waals surface area contributed by atoms with E-state index < -0.39 is 0 Å². The van der Waals surface area contributed by atoms with Gasteiger partial charge in [0.05, 0.1) is 16.7 Å². The van der Waals surface area contributed by atoms with Gasteiger partial charge in [-0.1, -0.05) is 6.92 Å². The molecule has 0 aromatic carbocycles. The van der Waals surface area contributed by atoms with Gasteiger partial charge in [-0.15, -0.1) is 0 Å². The summed E-state index contributed by atoms with van der Waals surface area (Å²) < 4.78 is 0. The first-order valence-corrected chi connectivity index (χ1v) is 12.3. The second-order valence-electron chi connectivity index (χ2n) is 10.4. The number of piperazine rings is 1. The molecular weight excluding hydrogens is 451 g/mol. The summed E-state index contributed by atoms with van der Waals surface area (Å²) >= 11 is 0. The summed E-state index contributed by atoms with van der Waals surface area (Å²) in [4.78, 5) is 41.1. The second-order valence-corrected chi connectivity index (χ2v) is 10.4. The van der Waals surface area contributed by atoms with Crippen LogP contribution in [-0.4, -0.2) is 80.2 Å². The molecule has 0 saturated carbocycles. The summed E-state index contributed by atoms with van der Waals surface area (Å²) in [5, 5.41) is 12.2. The Kier molecular flexibility index (Phi) is 7.22. The molecule has 2 N–H and O–H groups in total. The van der Waals surface area contributed by atoms with Crippen LogP contribution in [-0.2, 0) is 13.0 Å². The Labute approximate surface area is 213 Å². The standard InChI is InChI=1S/C24H30B3N7O2/c1-3-16-9-18-19(31-22(16)35)8-15(11-29-18)13-33-6-7-34(14(2)12-33)21-5-4-17(30-20(21)10-28)23(36)32-24(25,26)27/h4-5,8-9,11,14H,3,6-7,12-13,25-27H2,1-2H3,(H,31,35)(H,32,36)/t14-/m1/s1. The number of carbonyl (C=O) groups excluding carboxylic acids is 1. The number of hydrogen-bond donors (Lipinski definition) is 2. The molecule has 0 radical (unpaired) electrons. The average Bonchev–Trinajstić information content (AvgIpc) is 2.82. The van der Waals surface area contributed by atoms with Crippen molar-refractivity contribution in [1.82, 2.24) is 25.2 Å². The summed E-state index contributed by atoms with van der Waals surface area (Å²) in [6, 6.07) is 9.67. The van der Waals surface area contributed by atoms with E-state index in [1.807, 2.05) is 54.9 Å². The molecule has 12 heteroatoms. The molecule has 4 rings (SSSR count). The highest BCUT2D eigenvalue weighted by atomic mass is 16.2. The van der Waals surface area contributed by atoms with Crippen molar-refractivity contribution in [1.29, 1.82) is 5.26 Å². The Balaban J connectivity index is 1.46. The fourth-order valence-electron chi connectivity index (χ4n) is 4.61. The van der Waals surface area contributed by atoms with Crippen LogP contribution in [0.1, 0.15) is 41.2 Å². The number of anilines is 1. The summed E-state index contributed by atoms with van der Waals surface area (Å²) in [5.41, 5.74) is 4.50. The molecule has 1 aliphatic rings. The zero-order chi connectivity index (χ0) is 26.0. The van der Waals surface area contributed by atoms with Gasteiger partial charge in [-0.2, -0.15) is 5.26 Å². The predicted molar refractivity (Wildman–Crippen MR) is 149 cm³/mol. The Morgan fingerprint density at radius 3 is 2.75 bits per heavy atom. The lowest BCUT2D eigenvalue weighted by Gasteiger charge is -2.41. The lowest BCUT2D eigenvalue weighted by Crippen LogP contribution is -2.52. The lowest BCUT2D eigenvalue weighted by atomic mass is 9.49. The number of fused-ring (bicyclic) bond motifs is 1. The van der Waals surface area contributed by atoms with E-state index in [0.29, 0.717) is 13.0 Å².